The fraction of sp³-hybridized carbons (Fsp3) is 0.676. The molecule has 1 aromatic rings. The molecule has 4 bridgehead atoms. The molecule has 9 atom stereocenters. The average Bonchev–Trinajstić information content (AvgIpc) is 2.95. The number of carbonyl (C=O) groups is 3. The van der Waals surface area contributed by atoms with Gasteiger partial charge in [-0.05, 0) is 69.0 Å². The minimum Gasteiger partial charge on any atom is -0.455 e. The molecule has 10 nitrogen and oxygen atoms in total. The summed E-state index contributed by atoms with van der Waals surface area (Å²) in [7, 11) is -5.12. The number of aliphatic hydroxyl groups excluding tert-OH is 1. The molecule has 0 amide bonds. The van der Waals surface area contributed by atoms with Gasteiger partial charge in [0.1, 0.15) is 23.9 Å². The van der Waals surface area contributed by atoms with Gasteiger partial charge in [-0.1, -0.05) is 32.0 Å². The van der Waals surface area contributed by atoms with Crippen LogP contribution in [0.25, 0.3) is 0 Å². The van der Waals surface area contributed by atoms with Crippen LogP contribution in [0.1, 0.15) is 57.8 Å². The van der Waals surface area contributed by atoms with Crippen LogP contribution in [0.2, 0.25) is 31.9 Å². The van der Waals surface area contributed by atoms with Gasteiger partial charge in [-0.15, -0.1) is 0 Å². The summed E-state index contributed by atoms with van der Waals surface area (Å²) < 4.78 is 32.9. The summed E-state index contributed by atoms with van der Waals surface area (Å²) >= 11 is 0. The second kappa shape index (κ2) is 10.7. The molecule has 2 heterocycles. The number of ether oxygens (including phenoxy) is 3. The number of benzene rings is 1. The quantitative estimate of drug-likeness (QED) is 0.274. The van der Waals surface area contributed by atoms with Crippen LogP contribution in [0.4, 0.5) is 0 Å². The van der Waals surface area contributed by atoms with Crippen LogP contribution < -0.4 is 0 Å². The normalized spacial score (nSPS) is 42.1. The van der Waals surface area contributed by atoms with Gasteiger partial charge in [0.05, 0.1) is 35.7 Å². The van der Waals surface area contributed by atoms with Crippen LogP contribution in [-0.4, -0.2) is 92.9 Å². The molecule has 3 unspecified atom stereocenters. The Labute approximate surface area is 273 Å². The molecule has 0 radical (unpaired) electrons. The summed E-state index contributed by atoms with van der Waals surface area (Å²) in [5.74, 6) is -2.67. The van der Waals surface area contributed by atoms with E-state index in [1.54, 1.807) is 44.2 Å². The molecule has 2 saturated heterocycles. The fourth-order valence-electron chi connectivity index (χ4n) is 9.70. The first-order chi connectivity index (χ1) is 21.2. The number of Topliss-reactive ketones (excluding diaryl/α,β-unsaturated/α-hetero) is 1. The molecule has 2 aliphatic heterocycles. The summed E-state index contributed by atoms with van der Waals surface area (Å²) in [5, 5.41) is 24.9. The lowest BCUT2D eigenvalue weighted by atomic mass is 9.44. The van der Waals surface area contributed by atoms with Crippen molar-refractivity contribution in [3.63, 3.8) is 0 Å². The average molecular weight is 673 g/mol. The number of hydrogen-bond acceptors (Lipinski definition) is 10. The number of rotatable bonds is 3. The highest BCUT2D eigenvalue weighted by atomic mass is 28.4. The predicted molar refractivity (Wildman–Crippen MR) is 173 cm³/mol. The van der Waals surface area contributed by atoms with E-state index in [1.807, 2.05) is 13.8 Å². The molecule has 4 fully saturated rings. The molecule has 2 N–H and O–H groups in total. The van der Waals surface area contributed by atoms with Gasteiger partial charge in [0, 0.05) is 25.2 Å². The smallest absolute Gasteiger partial charge is 0.338 e. The maximum absolute atomic E-state index is 15.6. The third-order valence-electron chi connectivity index (χ3n) is 11.6. The van der Waals surface area contributed by atoms with Crippen molar-refractivity contribution in [1.82, 2.24) is 0 Å². The molecular formula is C34H48O10Si2. The van der Waals surface area contributed by atoms with E-state index < -0.39 is 87.0 Å². The third-order valence-corrected chi connectivity index (χ3v) is 20.2. The molecule has 1 aromatic carbocycles. The number of fused-ring (bicyclic) bond motifs is 6. The zero-order chi connectivity index (χ0) is 33.8. The van der Waals surface area contributed by atoms with Gasteiger partial charge in [-0.2, -0.15) is 0 Å². The van der Waals surface area contributed by atoms with E-state index in [0.717, 1.165) is 0 Å². The van der Waals surface area contributed by atoms with Crippen LogP contribution in [0.5, 0.6) is 0 Å². The minimum absolute atomic E-state index is 0.0513. The standard InChI is InChI=1S/C34H48O10Si2/c1-19-22(36)16-34(39)29(41-30(38)21-13-11-10-12-14-21)27-32(5)23(15-24-33(27,17-40-24)42-20(2)35)43-45(6,7)18-46(8,9)44-26(28(32)37)25(19)31(34,3)4/h10-14,22-24,26-27,29,36,39H,15-18H2,1-9H3/t22?,23-,24+,26+,27?,29+,32+,33?,34+/m0/s1. The first-order valence-electron chi connectivity index (χ1n) is 16.3. The molecule has 6 rings (SSSR count). The molecule has 0 aromatic heterocycles. The minimum atomic E-state index is -2.61. The Kier molecular flexibility index (Phi) is 7.80. The van der Waals surface area contributed by atoms with Gasteiger partial charge < -0.3 is 33.3 Å². The molecule has 5 aliphatic rings. The highest BCUT2D eigenvalue weighted by molar-refractivity contribution is 6.89. The number of hydrogen-bond donors (Lipinski definition) is 2. The summed E-state index contributed by atoms with van der Waals surface area (Å²) in [4.78, 5) is 42.5. The van der Waals surface area contributed by atoms with E-state index in [2.05, 4.69) is 26.2 Å². The number of ketones is 1. The van der Waals surface area contributed by atoms with Crippen molar-refractivity contribution >= 4 is 34.4 Å². The molecule has 12 heteroatoms. The van der Waals surface area contributed by atoms with Crippen molar-refractivity contribution in [2.45, 2.75) is 121 Å². The SMILES string of the molecule is CC(=O)OC12CO[C@@H]1C[C@@H]1O[Si](C)(C)C[Si](C)(C)O[C@H]3C(=O)[C@@]1(C)C2[C@@H](OC(=O)c1ccccc1)[C@]1(O)CC(O)C(C)=C3C1(C)C. The summed E-state index contributed by atoms with van der Waals surface area (Å²) in [6.07, 6.45) is -4.94. The van der Waals surface area contributed by atoms with Crippen molar-refractivity contribution in [2.24, 2.45) is 16.7 Å². The Balaban J connectivity index is 1.70. The Hall–Kier alpha value is -2.20. The maximum Gasteiger partial charge on any atom is 0.338 e. The van der Waals surface area contributed by atoms with Crippen LogP contribution in [0.15, 0.2) is 41.5 Å². The number of carbonyl (C=O) groups excluding carboxylic acids is 3. The molecule has 46 heavy (non-hydrogen) atoms. The van der Waals surface area contributed by atoms with Gasteiger partial charge in [-0.3, -0.25) is 9.59 Å². The van der Waals surface area contributed by atoms with Crippen LogP contribution in [0, 0.1) is 16.7 Å². The van der Waals surface area contributed by atoms with Crippen molar-refractivity contribution in [3.8, 4) is 0 Å². The van der Waals surface area contributed by atoms with Gasteiger partial charge in [0.25, 0.3) is 0 Å². The Morgan fingerprint density at radius 2 is 1.63 bits per heavy atom. The second-order valence-electron chi connectivity index (χ2n) is 16.1. The zero-order valence-electron chi connectivity index (χ0n) is 28.3. The topological polar surface area (TPSA) is 138 Å². The monoisotopic (exact) mass is 672 g/mol. The summed E-state index contributed by atoms with van der Waals surface area (Å²) in [6.45, 7) is 16.9. The molecule has 2 saturated carbocycles. The molecule has 0 spiro atoms. The van der Waals surface area contributed by atoms with E-state index in [4.69, 9.17) is 23.1 Å². The lowest BCUT2D eigenvalue weighted by Gasteiger charge is -2.68. The fourth-order valence-corrected chi connectivity index (χ4v) is 20.5. The zero-order valence-corrected chi connectivity index (χ0v) is 30.3. The molecule has 252 valence electrons. The van der Waals surface area contributed by atoms with Gasteiger partial charge in [0.15, 0.2) is 28.0 Å². The second-order valence-corrected chi connectivity index (χ2v) is 25.0. The maximum atomic E-state index is 15.6. The van der Waals surface area contributed by atoms with Crippen molar-refractivity contribution in [3.05, 3.63) is 47.0 Å². The van der Waals surface area contributed by atoms with Gasteiger partial charge in [0.2, 0.25) is 0 Å². The lowest BCUT2D eigenvalue weighted by molar-refractivity contribution is -0.344. The van der Waals surface area contributed by atoms with E-state index in [1.165, 1.54) is 6.92 Å². The highest BCUT2D eigenvalue weighted by Gasteiger charge is 2.78. The Morgan fingerprint density at radius 1 is 1.00 bits per heavy atom. The predicted octanol–water partition coefficient (Wildman–Crippen LogP) is 4.09. The van der Waals surface area contributed by atoms with Crippen molar-refractivity contribution in [1.29, 1.82) is 0 Å². The lowest BCUT2D eigenvalue weighted by Crippen LogP contribution is -2.82. The van der Waals surface area contributed by atoms with E-state index in [-0.39, 0.29) is 30.8 Å². The van der Waals surface area contributed by atoms with E-state index in [0.29, 0.717) is 16.8 Å². The van der Waals surface area contributed by atoms with Gasteiger partial charge in [-0.25, -0.2) is 4.79 Å². The van der Waals surface area contributed by atoms with Crippen LogP contribution in [0.3, 0.4) is 0 Å². The number of aliphatic hydroxyl groups is 2. The molecular weight excluding hydrogens is 625 g/mol. The van der Waals surface area contributed by atoms with Crippen molar-refractivity contribution < 1.29 is 47.7 Å². The van der Waals surface area contributed by atoms with Crippen LogP contribution in [-0.2, 0) is 32.7 Å². The first-order valence-corrected chi connectivity index (χ1v) is 22.5. The third kappa shape index (κ3) is 4.77. The summed E-state index contributed by atoms with van der Waals surface area (Å²) in [5.41, 5.74) is -4.00. The summed E-state index contributed by atoms with van der Waals surface area (Å²) in [6, 6.07) is 8.45. The van der Waals surface area contributed by atoms with Gasteiger partial charge >= 0.3 is 11.9 Å². The van der Waals surface area contributed by atoms with E-state index >= 15 is 4.79 Å². The Morgan fingerprint density at radius 3 is 2.22 bits per heavy atom. The highest BCUT2D eigenvalue weighted by Crippen LogP contribution is 2.65. The van der Waals surface area contributed by atoms with E-state index in [9.17, 15) is 19.8 Å². The largest absolute Gasteiger partial charge is 0.455 e. The number of esters is 2. The van der Waals surface area contributed by atoms with Crippen molar-refractivity contribution in [2.75, 3.05) is 6.61 Å². The molecule has 3 aliphatic carbocycles. The Bertz CT molecular complexity index is 1490. The van der Waals surface area contributed by atoms with Crippen LogP contribution >= 0.6 is 0 Å². The first kappa shape index (κ1) is 33.7.